The van der Waals surface area contributed by atoms with E-state index >= 15 is 0 Å². The van der Waals surface area contributed by atoms with Crippen molar-refractivity contribution < 1.29 is 4.52 Å². The summed E-state index contributed by atoms with van der Waals surface area (Å²) >= 11 is 1.78. The molecule has 17 heavy (non-hydrogen) atoms. The van der Waals surface area contributed by atoms with Crippen LogP contribution in [0.3, 0.4) is 0 Å². The summed E-state index contributed by atoms with van der Waals surface area (Å²) in [6.07, 6.45) is 3.66. The molecule has 0 aromatic carbocycles. The lowest BCUT2D eigenvalue weighted by Crippen LogP contribution is -2.10. The van der Waals surface area contributed by atoms with E-state index in [9.17, 15) is 0 Å². The molecule has 5 heteroatoms. The summed E-state index contributed by atoms with van der Waals surface area (Å²) < 4.78 is 5.30. The zero-order chi connectivity index (χ0) is 11.8. The van der Waals surface area contributed by atoms with Gasteiger partial charge in [0.1, 0.15) is 0 Å². The maximum absolute atomic E-state index is 5.59. The number of rotatable bonds is 3. The van der Waals surface area contributed by atoms with Crippen molar-refractivity contribution in [3.05, 3.63) is 22.3 Å². The summed E-state index contributed by atoms with van der Waals surface area (Å²) in [5.74, 6) is 1.50. The molecule has 3 rings (SSSR count). The van der Waals surface area contributed by atoms with Gasteiger partial charge in [-0.3, -0.25) is 0 Å². The molecule has 0 radical (unpaired) electrons. The fraction of sp³-hybridized carbons (Fsp3) is 0.500. The van der Waals surface area contributed by atoms with Gasteiger partial charge in [-0.05, 0) is 30.9 Å². The second-order valence-electron chi connectivity index (χ2n) is 4.51. The molecule has 0 saturated carbocycles. The predicted molar refractivity (Wildman–Crippen MR) is 67.1 cm³/mol. The molecule has 1 aliphatic carbocycles. The van der Waals surface area contributed by atoms with E-state index in [0.29, 0.717) is 18.3 Å². The molecule has 0 amide bonds. The standard InChI is InChI=1S/C12H15N3OS/c1-7(6-13)11-14-12(16-15-11)10-5-8-3-2-4-9(8)17-10/h5,7H,2-4,6,13H2,1H3. The number of hydrogen-bond donors (Lipinski definition) is 1. The summed E-state index contributed by atoms with van der Waals surface area (Å²) in [6, 6.07) is 2.19. The largest absolute Gasteiger partial charge is 0.333 e. The lowest BCUT2D eigenvalue weighted by molar-refractivity contribution is 0.418. The van der Waals surface area contributed by atoms with Gasteiger partial charge in [-0.25, -0.2) is 0 Å². The summed E-state index contributed by atoms with van der Waals surface area (Å²) in [5.41, 5.74) is 7.05. The van der Waals surface area contributed by atoms with Crippen molar-refractivity contribution in [3.8, 4) is 10.8 Å². The molecule has 4 nitrogen and oxygen atoms in total. The summed E-state index contributed by atoms with van der Waals surface area (Å²) in [7, 11) is 0. The second-order valence-corrected chi connectivity index (χ2v) is 5.64. The molecular weight excluding hydrogens is 234 g/mol. The minimum Gasteiger partial charge on any atom is -0.333 e. The van der Waals surface area contributed by atoms with Crippen molar-refractivity contribution >= 4 is 11.3 Å². The SMILES string of the molecule is CC(CN)c1noc(-c2cc3c(s2)CCC3)n1. The number of nitrogens with two attached hydrogens (primary N) is 1. The summed E-state index contributed by atoms with van der Waals surface area (Å²) in [6.45, 7) is 2.54. The number of fused-ring (bicyclic) bond motifs is 1. The van der Waals surface area contributed by atoms with E-state index in [1.54, 1.807) is 11.3 Å². The number of nitrogens with zero attached hydrogens (tertiary/aromatic N) is 2. The zero-order valence-corrected chi connectivity index (χ0v) is 10.6. The van der Waals surface area contributed by atoms with Crippen molar-refractivity contribution in [2.24, 2.45) is 5.73 Å². The minimum atomic E-state index is 0.152. The molecule has 0 spiro atoms. The zero-order valence-electron chi connectivity index (χ0n) is 9.77. The van der Waals surface area contributed by atoms with E-state index in [2.05, 4.69) is 16.2 Å². The Hall–Kier alpha value is -1.20. The lowest BCUT2D eigenvalue weighted by atomic mass is 10.2. The highest BCUT2D eigenvalue weighted by molar-refractivity contribution is 7.15. The fourth-order valence-corrected chi connectivity index (χ4v) is 3.25. The van der Waals surface area contributed by atoms with Gasteiger partial charge in [-0.15, -0.1) is 11.3 Å². The Morgan fingerprint density at radius 3 is 3.18 bits per heavy atom. The quantitative estimate of drug-likeness (QED) is 0.906. The van der Waals surface area contributed by atoms with Crippen LogP contribution >= 0.6 is 11.3 Å². The molecule has 1 aliphatic rings. The molecule has 0 aliphatic heterocycles. The molecule has 0 bridgehead atoms. The van der Waals surface area contributed by atoms with Crippen molar-refractivity contribution in [1.82, 2.24) is 10.1 Å². The number of hydrogen-bond acceptors (Lipinski definition) is 5. The normalized spacial score (nSPS) is 16.1. The molecule has 0 fully saturated rings. The van der Waals surface area contributed by atoms with Gasteiger partial charge in [0.25, 0.3) is 5.89 Å². The Kier molecular flexibility index (Phi) is 2.72. The second kappa shape index (κ2) is 4.23. The van der Waals surface area contributed by atoms with Crippen LogP contribution < -0.4 is 5.73 Å². The first-order valence-corrected chi connectivity index (χ1v) is 6.75. The number of aromatic nitrogens is 2. The molecule has 2 aromatic heterocycles. The van der Waals surface area contributed by atoms with Gasteiger partial charge in [0, 0.05) is 17.3 Å². The Morgan fingerprint density at radius 1 is 1.53 bits per heavy atom. The van der Waals surface area contributed by atoms with Gasteiger partial charge in [-0.1, -0.05) is 12.1 Å². The molecule has 1 unspecified atom stereocenters. The third-order valence-corrected chi connectivity index (χ3v) is 4.42. The van der Waals surface area contributed by atoms with Crippen LogP contribution in [0.1, 0.15) is 35.5 Å². The van der Waals surface area contributed by atoms with Crippen LogP contribution in [0.2, 0.25) is 0 Å². The van der Waals surface area contributed by atoms with Gasteiger partial charge < -0.3 is 10.3 Å². The van der Waals surface area contributed by atoms with E-state index in [0.717, 1.165) is 4.88 Å². The number of thiophene rings is 1. The van der Waals surface area contributed by atoms with Crippen molar-refractivity contribution in [2.75, 3.05) is 6.54 Å². The topological polar surface area (TPSA) is 64.9 Å². The van der Waals surface area contributed by atoms with Crippen LogP contribution in [0.25, 0.3) is 10.8 Å². The molecular formula is C12H15N3OS. The van der Waals surface area contributed by atoms with Gasteiger partial charge >= 0.3 is 0 Å². The maximum atomic E-state index is 5.59. The molecule has 90 valence electrons. The van der Waals surface area contributed by atoms with Gasteiger partial charge in [0.15, 0.2) is 5.82 Å². The molecule has 2 aromatic rings. The fourth-order valence-electron chi connectivity index (χ4n) is 2.07. The molecule has 1 atom stereocenters. The third-order valence-electron chi connectivity index (χ3n) is 3.19. The van der Waals surface area contributed by atoms with Crippen LogP contribution in [0.4, 0.5) is 0 Å². The Labute approximate surface area is 104 Å². The maximum Gasteiger partial charge on any atom is 0.268 e. The first kappa shape index (κ1) is 10.9. The Balaban J connectivity index is 1.90. The van der Waals surface area contributed by atoms with Gasteiger partial charge in [-0.2, -0.15) is 4.98 Å². The van der Waals surface area contributed by atoms with Gasteiger partial charge in [0.05, 0.1) is 4.88 Å². The Bertz CT molecular complexity index is 510. The predicted octanol–water partition coefficient (Wildman–Crippen LogP) is 2.35. The number of aryl methyl sites for hydroxylation is 2. The van der Waals surface area contributed by atoms with Crippen LogP contribution in [0.15, 0.2) is 10.6 Å². The van der Waals surface area contributed by atoms with E-state index in [1.807, 2.05) is 6.92 Å². The van der Waals surface area contributed by atoms with Crippen molar-refractivity contribution in [2.45, 2.75) is 32.1 Å². The average molecular weight is 249 g/mol. The average Bonchev–Trinajstić information content (AvgIpc) is 3.00. The van der Waals surface area contributed by atoms with Crippen LogP contribution in [-0.2, 0) is 12.8 Å². The first-order valence-electron chi connectivity index (χ1n) is 5.93. The van der Waals surface area contributed by atoms with E-state index in [-0.39, 0.29) is 5.92 Å². The first-order chi connectivity index (χ1) is 8.28. The third kappa shape index (κ3) is 1.89. The highest BCUT2D eigenvalue weighted by Gasteiger charge is 2.19. The highest BCUT2D eigenvalue weighted by Crippen LogP contribution is 2.36. The van der Waals surface area contributed by atoms with Crippen LogP contribution in [0.5, 0.6) is 0 Å². The van der Waals surface area contributed by atoms with Crippen molar-refractivity contribution in [1.29, 1.82) is 0 Å². The van der Waals surface area contributed by atoms with Crippen molar-refractivity contribution in [3.63, 3.8) is 0 Å². The van der Waals surface area contributed by atoms with E-state index in [4.69, 9.17) is 10.3 Å². The minimum absolute atomic E-state index is 0.152. The monoisotopic (exact) mass is 249 g/mol. The van der Waals surface area contributed by atoms with E-state index in [1.165, 1.54) is 29.7 Å². The van der Waals surface area contributed by atoms with Crippen LogP contribution in [0, 0.1) is 0 Å². The summed E-state index contributed by atoms with van der Waals surface area (Å²) in [4.78, 5) is 6.99. The Morgan fingerprint density at radius 2 is 2.41 bits per heavy atom. The van der Waals surface area contributed by atoms with Crippen LogP contribution in [-0.4, -0.2) is 16.7 Å². The molecule has 2 heterocycles. The van der Waals surface area contributed by atoms with Gasteiger partial charge in [0.2, 0.25) is 0 Å². The summed E-state index contributed by atoms with van der Waals surface area (Å²) in [5, 5.41) is 3.99. The lowest BCUT2D eigenvalue weighted by Gasteiger charge is -1.98. The van der Waals surface area contributed by atoms with E-state index < -0.39 is 0 Å². The highest BCUT2D eigenvalue weighted by atomic mass is 32.1. The molecule has 0 saturated heterocycles. The molecule has 2 N–H and O–H groups in total. The smallest absolute Gasteiger partial charge is 0.268 e.